The van der Waals surface area contributed by atoms with Crippen molar-refractivity contribution in [1.29, 1.82) is 0 Å². The largest absolute Gasteiger partial charge is 0.508 e. The van der Waals surface area contributed by atoms with E-state index in [1.807, 2.05) is 194 Å². The summed E-state index contributed by atoms with van der Waals surface area (Å²) in [6.07, 6.45) is 9.25. The van der Waals surface area contributed by atoms with Gasteiger partial charge >= 0.3 is 0 Å². The van der Waals surface area contributed by atoms with E-state index >= 15 is 0 Å². The maximum absolute atomic E-state index is 8.85. The normalized spacial score (nSPS) is 8.68. The molecule has 17 heteroatoms. The van der Waals surface area contributed by atoms with Crippen molar-refractivity contribution in [3.05, 3.63) is 456 Å². The molecule has 0 amide bonds. The molecule has 0 saturated heterocycles. The molecule has 0 saturated carbocycles. The van der Waals surface area contributed by atoms with Crippen molar-refractivity contribution in [3.63, 3.8) is 0 Å². The predicted octanol–water partition coefficient (Wildman–Crippen LogP) is 23.5. The van der Waals surface area contributed by atoms with Crippen LogP contribution in [0.4, 0.5) is 0 Å². The number of hydrogen-bond donors (Lipinski definition) is 16. The van der Waals surface area contributed by atoms with E-state index in [2.05, 4.69) is 210 Å². The lowest BCUT2D eigenvalue weighted by molar-refractivity contribution is 0.474. The molecule has 0 spiro atoms. The van der Waals surface area contributed by atoms with E-state index in [9.17, 15) is 0 Å². The van der Waals surface area contributed by atoms with Crippen LogP contribution in [0.15, 0.2) is 400 Å². The highest BCUT2D eigenvalue weighted by Crippen LogP contribution is 2.21. The SMILES string of the molecule is CCc1ccc(O)cc1.CCc1ccc(O)cc1.CCc1ccc(O)cc1.CCc1ccc(O)cc1.CCc1ccc(O)cc1.CCc1ccc(O)cc1.CCc1ccc(O)cc1.CCc1ccc(O)cc1.CN.CN.CN.CN.CN.CN.CN.CN.c1ccc(Cc2ccccc2)cc1.c1ccc(Oc2ccccc2)cc1.c1ccc2ccccc2c1.c1ccccc1. The minimum absolute atomic E-state index is 0.340. The lowest BCUT2D eigenvalue weighted by Crippen LogP contribution is -1.85. The first-order valence-electron chi connectivity index (χ1n) is 43.6. The second-order valence-electron chi connectivity index (χ2n) is 25.5. The number of phenols is 8. The lowest BCUT2D eigenvalue weighted by atomic mass is 10.1. The fourth-order valence-corrected chi connectivity index (χ4v) is 9.91. The van der Waals surface area contributed by atoms with E-state index in [0.717, 1.165) is 69.3 Å². The monoisotopic (exact) mass is 1770 g/mol. The highest BCUT2D eigenvalue weighted by Gasteiger charge is 1.97. The van der Waals surface area contributed by atoms with E-state index < -0.39 is 0 Å². The van der Waals surface area contributed by atoms with Crippen LogP contribution in [-0.4, -0.2) is 97.2 Å². The Kier molecular flexibility index (Phi) is 88.1. The van der Waals surface area contributed by atoms with Gasteiger partial charge in [-0.05, 0) is 302 Å². The molecule has 130 heavy (non-hydrogen) atoms. The average Bonchev–Trinajstić information content (AvgIpc) is 0.864. The molecule has 0 bridgehead atoms. The molecule has 0 atom stereocenters. The number of phenolic OH excluding ortho intramolecular Hbond substituents is 8. The van der Waals surface area contributed by atoms with E-state index in [-0.39, 0.29) is 0 Å². The first kappa shape index (κ1) is 125. The van der Waals surface area contributed by atoms with E-state index in [1.54, 1.807) is 97.1 Å². The molecule has 15 aromatic carbocycles. The molecule has 0 radical (unpaired) electrons. The lowest BCUT2D eigenvalue weighted by Gasteiger charge is -2.03. The van der Waals surface area contributed by atoms with Crippen molar-refractivity contribution in [2.45, 2.75) is 113 Å². The van der Waals surface area contributed by atoms with E-state index in [0.29, 0.717) is 46.0 Å². The molecule has 0 fully saturated rings. The van der Waals surface area contributed by atoms with Crippen LogP contribution in [0.2, 0.25) is 0 Å². The van der Waals surface area contributed by atoms with Gasteiger partial charge in [0.2, 0.25) is 0 Å². The smallest absolute Gasteiger partial charge is 0.127 e. The zero-order valence-electron chi connectivity index (χ0n) is 80.1. The topological polar surface area (TPSA) is 379 Å². The molecular formula is C113H156N8O9. The van der Waals surface area contributed by atoms with E-state index in [1.165, 1.54) is 123 Å². The van der Waals surface area contributed by atoms with Crippen LogP contribution in [0.1, 0.15) is 111 Å². The number of benzene rings is 15. The summed E-state index contributed by atoms with van der Waals surface area (Å²) in [5, 5.41) is 73.4. The minimum Gasteiger partial charge on any atom is -0.508 e. The minimum atomic E-state index is 0.340. The number of aryl methyl sites for hydroxylation is 8. The zero-order chi connectivity index (χ0) is 98.4. The maximum atomic E-state index is 8.85. The number of ether oxygens (including phenoxy) is 1. The fourth-order valence-electron chi connectivity index (χ4n) is 9.91. The third kappa shape index (κ3) is 68.7. The van der Waals surface area contributed by atoms with Crippen molar-refractivity contribution < 1.29 is 45.6 Å². The van der Waals surface area contributed by atoms with Crippen LogP contribution in [0.25, 0.3) is 10.8 Å². The number of fused-ring (bicyclic) bond motifs is 1. The van der Waals surface area contributed by atoms with Gasteiger partial charge < -0.3 is 91.5 Å². The number of rotatable bonds is 12. The van der Waals surface area contributed by atoms with Gasteiger partial charge in [0, 0.05) is 0 Å². The summed E-state index contributed by atoms with van der Waals surface area (Å²) >= 11 is 0. The van der Waals surface area contributed by atoms with Crippen molar-refractivity contribution in [2.75, 3.05) is 56.4 Å². The average molecular weight is 1770 g/mol. The van der Waals surface area contributed by atoms with Gasteiger partial charge in [0.25, 0.3) is 0 Å². The summed E-state index contributed by atoms with van der Waals surface area (Å²) in [4.78, 5) is 0. The Morgan fingerprint density at radius 1 is 0.146 bits per heavy atom. The van der Waals surface area contributed by atoms with Gasteiger partial charge in [-0.1, -0.05) is 334 Å². The van der Waals surface area contributed by atoms with Gasteiger partial charge in [-0.15, -0.1) is 0 Å². The Balaban J connectivity index is -0.000000432. The third-order valence-corrected chi connectivity index (χ3v) is 16.9. The van der Waals surface area contributed by atoms with Crippen LogP contribution < -0.4 is 50.6 Å². The molecule has 17 nitrogen and oxygen atoms in total. The molecule has 0 unspecified atom stereocenters. The van der Waals surface area contributed by atoms with Crippen LogP contribution in [0.3, 0.4) is 0 Å². The van der Waals surface area contributed by atoms with Crippen LogP contribution >= 0.6 is 0 Å². The number of hydrogen-bond acceptors (Lipinski definition) is 17. The van der Waals surface area contributed by atoms with Crippen molar-refractivity contribution in [1.82, 2.24) is 0 Å². The van der Waals surface area contributed by atoms with Crippen LogP contribution in [0, 0.1) is 0 Å². The Morgan fingerprint density at radius 3 is 0.392 bits per heavy atom. The number of para-hydroxylation sites is 2. The molecule has 15 aromatic rings. The Labute approximate surface area is 780 Å². The van der Waals surface area contributed by atoms with Gasteiger partial charge in [-0.2, -0.15) is 0 Å². The second kappa shape index (κ2) is 91.6. The Bertz CT molecular complexity index is 4000. The van der Waals surface area contributed by atoms with Gasteiger partial charge in [-0.25, -0.2) is 0 Å². The zero-order valence-corrected chi connectivity index (χ0v) is 80.1. The number of nitrogens with two attached hydrogens (primary N) is 8. The molecule has 702 valence electrons. The third-order valence-electron chi connectivity index (χ3n) is 16.9. The molecule has 15 rings (SSSR count). The summed E-state index contributed by atoms with van der Waals surface area (Å²) in [6.45, 7) is 16.7. The fraction of sp³-hybridized carbons (Fsp3) is 0.221. The van der Waals surface area contributed by atoms with Crippen LogP contribution in [0.5, 0.6) is 57.5 Å². The van der Waals surface area contributed by atoms with Gasteiger partial charge in [0.15, 0.2) is 0 Å². The Hall–Kier alpha value is -13.6. The van der Waals surface area contributed by atoms with Crippen LogP contribution in [-0.2, 0) is 57.8 Å². The highest BCUT2D eigenvalue weighted by molar-refractivity contribution is 5.82. The molecule has 0 heterocycles. The predicted molar refractivity (Wildman–Crippen MR) is 560 cm³/mol. The summed E-state index contributed by atoms with van der Waals surface area (Å²) in [5.74, 6) is 4.46. The van der Waals surface area contributed by atoms with Gasteiger partial charge in [0.1, 0.15) is 57.5 Å². The quantitative estimate of drug-likeness (QED) is 0.0540. The Morgan fingerprint density at radius 2 is 0.262 bits per heavy atom. The summed E-state index contributed by atoms with van der Waals surface area (Å²) in [6, 6.07) is 127. The molecule has 0 aromatic heterocycles. The first-order chi connectivity index (χ1) is 63.5. The van der Waals surface area contributed by atoms with Crippen molar-refractivity contribution in [3.8, 4) is 57.5 Å². The number of aromatic hydroxyl groups is 8. The second-order valence-corrected chi connectivity index (χ2v) is 25.5. The molecule has 0 aliphatic heterocycles. The van der Waals surface area contributed by atoms with Crippen molar-refractivity contribution >= 4 is 10.8 Å². The molecule has 0 aliphatic rings. The summed E-state index contributed by atoms with van der Waals surface area (Å²) < 4.78 is 5.58. The summed E-state index contributed by atoms with van der Waals surface area (Å²) in [5.41, 5.74) is 48.8. The first-order valence-corrected chi connectivity index (χ1v) is 43.6. The van der Waals surface area contributed by atoms with Crippen molar-refractivity contribution in [2.24, 2.45) is 45.9 Å². The standard InChI is InChI=1S/C13H12.C12H10O.C10H8.8C8H10O.C6H6.8CH5N/c1-3-7-12(8-4-1)11-13-9-5-2-6-10-13;1-3-7-11(8-4-1)13-12-9-5-2-6-10-12;1-2-6-10-8-4-3-7-9(10)5-1;8*1-2-7-3-5-8(9)6-4-7;1-2-4-6-5-3-1;8*1-2/h1-10H,11H2;1-10H;1-8H;8*3-6,9H,2H2,1H3;1-6H;8*2H2,1H3. The maximum Gasteiger partial charge on any atom is 0.127 e. The molecule has 0 aliphatic carbocycles. The molecule has 24 N–H and O–H groups in total. The van der Waals surface area contributed by atoms with Gasteiger partial charge in [-0.3, -0.25) is 0 Å². The highest BCUT2D eigenvalue weighted by atomic mass is 16.5. The summed E-state index contributed by atoms with van der Waals surface area (Å²) in [7, 11) is 12.0. The van der Waals surface area contributed by atoms with E-state index in [4.69, 9.17) is 45.6 Å². The molecular weight excluding hydrogens is 1610 g/mol. The van der Waals surface area contributed by atoms with Gasteiger partial charge in [0.05, 0.1) is 0 Å².